The minimum atomic E-state index is -0.600. The molecule has 0 aliphatic carbocycles. The van der Waals surface area contributed by atoms with Gasteiger partial charge in [-0.3, -0.25) is 19.3 Å². The van der Waals surface area contributed by atoms with Crippen LogP contribution in [0.25, 0.3) is 6.08 Å². The molecule has 0 saturated heterocycles. The van der Waals surface area contributed by atoms with Crippen LogP contribution in [-0.2, 0) is 33.8 Å². The number of anilines is 2. The quantitative estimate of drug-likeness (QED) is 0.0508. The predicted octanol–water partition coefficient (Wildman–Crippen LogP) is 8.04. The van der Waals surface area contributed by atoms with E-state index in [1.54, 1.807) is 60.7 Å². The van der Waals surface area contributed by atoms with Crippen molar-refractivity contribution in [1.29, 1.82) is 0 Å². The lowest BCUT2D eigenvalue weighted by Crippen LogP contribution is -2.30. The van der Waals surface area contributed by atoms with Crippen molar-refractivity contribution in [2.24, 2.45) is 0 Å². The second-order valence-corrected chi connectivity index (χ2v) is 15.8. The molecule has 59 heavy (non-hydrogen) atoms. The molecule has 1 unspecified atom stereocenters. The summed E-state index contributed by atoms with van der Waals surface area (Å²) in [7, 11) is 5.84. The van der Waals surface area contributed by atoms with E-state index in [9.17, 15) is 19.2 Å². The number of thioether (sulfide) groups is 1. The van der Waals surface area contributed by atoms with E-state index in [0.29, 0.717) is 64.0 Å². The van der Waals surface area contributed by atoms with Crippen LogP contribution in [-0.4, -0.2) is 68.8 Å². The number of rotatable bonds is 16. The molecule has 1 aromatic heterocycles. The molecule has 6 rings (SSSR count). The minimum Gasteiger partial charge on any atom is -0.496 e. The molecule has 0 radical (unpaired) electrons. The van der Waals surface area contributed by atoms with Crippen LogP contribution in [0.4, 0.5) is 10.7 Å². The Labute approximate surface area is 351 Å². The Morgan fingerprint density at radius 2 is 1.53 bits per heavy atom. The summed E-state index contributed by atoms with van der Waals surface area (Å²) in [5.74, 6) is -0.602. The molecule has 5 aromatic rings. The SMILES string of the molecule is CCC(Sc1cccc(NC(=O)/C(=C\c2cc(OC)c(OC)cc2OC)NC(=O)c2ccccc2)c1)C(=O)Nc1sc2c(c1C(=O)OC)CCN(Cc1ccccc1)C2. The molecule has 1 aliphatic rings. The van der Waals surface area contributed by atoms with Crippen LogP contribution in [0, 0.1) is 0 Å². The average Bonchev–Trinajstić information content (AvgIpc) is 3.62. The van der Waals surface area contributed by atoms with Gasteiger partial charge in [-0.25, -0.2) is 4.79 Å². The molecule has 1 aliphatic heterocycles. The predicted molar refractivity (Wildman–Crippen MR) is 232 cm³/mol. The van der Waals surface area contributed by atoms with Crippen LogP contribution in [0.3, 0.4) is 0 Å². The van der Waals surface area contributed by atoms with E-state index in [4.69, 9.17) is 18.9 Å². The van der Waals surface area contributed by atoms with Crippen molar-refractivity contribution in [3.05, 3.63) is 135 Å². The summed E-state index contributed by atoms with van der Waals surface area (Å²) in [5.41, 5.74) is 3.74. The van der Waals surface area contributed by atoms with Crippen molar-refractivity contribution >= 4 is 63.6 Å². The summed E-state index contributed by atoms with van der Waals surface area (Å²) in [6, 6.07) is 29.2. The number of esters is 1. The van der Waals surface area contributed by atoms with Crippen LogP contribution in [0.15, 0.2) is 108 Å². The standard InChI is InChI=1S/C45H46N4O8S2/c1-6-38(43(52)48-44-40(45(53)57-5)33-20-21-49(27-39(33)59-44)26-28-14-9-7-10-15-28)58-32-19-13-18-31(24-32)46-42(51)34(47-41(50)29-16-11-8-12-17-29)22-30-23-36(55-3)37(56-4)25-35(30)54-2/h7-19,22-25,38H,6,20-21,26-27H2,1-5H3,(H,46,51)(H,47,50)(H,48,52)/b34-22+. The molecule has 0 fully saturated rings. The van der Waals surface area contributed by atoms with Crippen LogP contribution in [0.5, 0.6) is 17.2 Å². The van der Waals surface area contributed by atoms with Gasteiger partial charge in [0, 0.05) is 52.3 Å². The number of ether oxygens (including phenoxy) is 4. The highest BCUT2D eigenvalue weighted by molar-refractivity contribution is 8.00. The number of fused-ring (bicyclic) bond motifs is 1. The number of carbonyl (C=O) groups is 4. The Kier molecular flexibility index (Phi) is 14.4. The van der Waals surface area contributed by atoms with Gasteiger partial charge in [-0.2, -0.15) is 0 Å². The summed E-state index contributed by atoms with van der Waals surface area (Å²) in [6.45, 7) is 4.14. The minimum absolute atomic E-state index is 0.0588. The van der Waals surface area contributed by atoms with E-state index < -0.39 is 23.0 Å². The Balaban J connectivity index is 1.20. The molecule has 4 aromatic carbocycles. The lowest BCUT2D eigenvalue weighted by Gasteiger charge is -2.27. The smallest absolute Gasteiger partial charge is 0.341 e. The zero-order valence-corrected chi connectivity index (χ0v) is 35.1. The van der Waals surface area contributed by atoms with Gasteiger partial charge in [-0.15, -0.1) is 23.1 Å². The van der Waals surface area contributed by atoms with Crippen molar-refractivity contribution in [2.75, 3.05) is 45.6 Å². The Morgan fingerprint density at radius 1 is 0.831 bits per heavy atom. The number of hydrogen-bond donors (Lipinski definition) is 3. The first-order chi connectivity index (χ1) is 28.6. The van der Waals surface area contributed by atoms with Gasteiger partial charge in [-0.05, 0) is 66.4 Å². The van der Waals surface area contributed by atoms with Crippen molar-refractivity contribution < 1.29 is 38.1 Å². The zero-order chi connectivity index (χ0) is 41.9. The van der Waals surface area contributed by atoms with Gasteiger partial charge in [-0.1, -0.05) is 61.5 Å². The fraction of sp³-hybridized carbons (Fsp3) is 0.244. The number of carbonyl (C=O) groups excluding carboxylic acids is 4. The molecular weight excluding hydrogens is 789 g/mol. The largest absolute Gasteiger partial charge is 0.496 e. The second-order valence-electron chi connectivity index (χ2n) is 13.5. The topological polar surface area (TPSA) is 145 Å². The van der Waals surface area contributed by atoms with E-state index in [1.165, 1.54) is 63.2 Å². The maximum absolute atomic E-state index is 14.0. The summed E-state index contributed by atoms with van der Waals surface area (Å²) >= 11 is 2.75. The summed E-state index contributed by atoms with van der Waals surface area (Å²) in [6.07, 6.45) is 2.65. The number of amides is 3. The normalized spacial score (nSPS) is 13.1. The number of benzene rings is 4. The van der Waals surface area contributed by atoms with E-state index in [0.717, 1.165) is 28.4 Å². The van der Waals surface area contributed by atoms with Gasteiger partial charge in [0.25, 0.3) is 11.8 Å². The van der Waals surface area contributed by atoms with Gasteiger partial charge < -0.3 is 34.9 Å². The molecule has 2 heterocycles. The molecule has 12 nitrogen and oxygen atoms in total. The lowest BCUT2D eigenvalue weighted by atomic mass is 10.0. The van der Waals surface area contributed by atoms with Crippen molar-refractivity contribution in [2.45, 2.75) is 43.0 Å². The maximum Gasteiger partial charge on any atom is 0.341 e. The molecule has 306 valence electrons. The van der Waals surface area contributed by atoms with Crippen LogP contribution >= 0.6 is 23.1 Å². The third kappa shape index (κ3) is 10.5. The summed E-state index contributed by atoms with van der Waals surface area (Å²) in [4.78, 5) is 58.3. The van der Waals surface area contributed by atoms with E-state index in [1.807, 2.05) is 31.2 Å². The van der Waals surface area contributed by atoms with Gasteiger partial charge in [0.15, 0.2) is 11.5 Å². The Morgan fingerprint density at radius 3 is 2.20 bits per heavy atom. The molecule has 14 heteroatoms. The molecule has 3 amide bonds. The van der Waals surface area contributed by atoms with Gasteiger partial charge in [0.2, 0.25) is 5.91 Å². The van der Waals surface area contributed by atoms with Crippen LogP contribution in [0.2, 0.25) is 0 Å². The summed E-state index contributed by atoms with van der Waals surface area (Å²) in [5, 5.41) is 8.65. The van der Waals surface area contributed by atoms with Gasteiger partial charge in [0.1, 0.15) is 16.4 Å². The average molecular weight is 835 g/mol. The lowest BCUT2D eigenvalue weighted by molar-refractivity contribution is -0.116. The van der Waals surface area contributed by atoms with Crippen LogP contribution in [0.1, 0.15) is 55.6 Å². The van der Waals surface area contributed by atoms with Crippen molar-refractivity contribution in [1.82, 2.24) is 10.2 Å². The number of nitrogens with zero attached hydrogens (tertiary/aromatic N) is 1. The number of hydrogen-bond acceptors (Lipinski definition) is 11. The third-order valence-corrected chi connectivity index (χ3v) is 12.1. The Bertz CT molecular complexity index is 2330. The fourth-order valence-corrected chi connectivity index (χ4v) is 8.92. The maximum atomic E-state index is 14.0. The Hall–Kier alpha value is -6.09. The van der Waals surface area contributed by atoms with Crippen molar-refractivity contribution in [3.8, 4) is 17.2 Å². The molecule has 0 saturated carbocycles. The highest BCUT2D eigenvalue weighted by Crippen LogP contribution is 2.39. The summed E-state index contributed by atoms with van der Waals surface area (Å²) < 4.78 is 21.7. The van der Waals surface area contributed by atoms with Crippen molar-refractivity contribution in [3.63, 3.8) is 0 Å². The highest BCUT2D eigenvalue weighted by atomic mass is 32.2. The monoisotopic (exact) mass is 834 g/mol. The fourth-order valence-electron chi connectivity index (χ4n) is 6.63. The number of methoxy groups -OCH3 is 4. The highest BCUT2D eigenvalue weighted by Gasteiger charge is 2.31. The molecule has 0 spiro atoms. The molecule has 3 N–H and O–H groups in total. The zero-order valence-electron chi connectivity index (χ0n) is 33.5. The number of nitrogens with one attached hydrogen (secondary N) is 3. The number of thiophene rings is 1. The first-order valence-corrected chi connectivity index (χ1v) is 20.6. The molecule has 1 atom stereocenters. The van der Waals surface area contributed by atoms with E-state index >= 15 is 0 Å². The van der Waals surface area contributed by atoms with Gasteiger partial charge >= 0.3 is 5.97 Å². The molecular formula is C45H46N4O8S2. The first kappa shape index (κ1) is 42.5. The molecule has 0 bridgehead atoms. The van der Waals surface area contributed by atoms with E-state index in [-0.39, 0.29) is 11.6 Å². The van der Waals surface area contributed by atoms with E-state index in [2.05, 4.69) is 33.0 Å². The van der Waals surface area contributed by atoms with Crippen LogP contribution < -0.4 is 30.2 Å². The van der Waals surface area contributed by atoms with Gasteiger partial charge in [0.05, 0.1) is 39.3 Å². The third-order valence-electron chi connectivity index (χ3n) is 9.61. The first-order valence-electron chi connectivity index (χ1n) is 18.9. The second kappa shape index (κ2) is 20.1.